The molecule has 9 nitrogen and oxygen atoms in total. The number of nitrogens with zero attached hydrogens (tertiary/aromatic N) is 2. The molecule has 1 fully saturated rings. The van der Waals surface area contributed by atoms with Crippen LogP contribution >= 0.6 is 0 Å². The average Bonchev–Trinajstić information content (AvgIpc) is 3.23. The first-order valence-electron chi connectivity index (χ1n) is 12.9. The molecule has 1 aromatic heterocycles. The van der Waals surface area contributed by atoms with Crippen molar-refractivity contribution in [2.75, 3.05) is 20.3 Å². The van der Waals surface area contributed by atoms with Crippen LogP contribution in [0, 0.1) is 5.92 Å². The van der Waals surface area contributed by atoms with E-state index in [2.05, 4.69) is 0 Å². The SMILES string of the molecule is COCCc1cc(COc2ccc(C3(N)CCN(C(CC(C)C)C(=O)NO)C3=O)cc2)c2ccccc2n1. The summed E-state index contributed by atoms with van der Waals surface area (Å²) in [6.45, 7) is 5.20. The van der Waals surface area contributed by atoms with Crippen LogP contribution < -0.4 is 16.0 Å². The van der Waals surface area contributed by atoms with Crippen molar-refractivity contribution in [1.29, 1.82) is 0 Å². The molecule has 4 rings (SSSR count). The first-order valence-corrected chi connectivity index (χ1v) is 12.9. The highest BCUT2D eigenvalue weighted by Gasteiger charge is 2.48. The molecule has 3 aromatic rings. The van der Waals surface area contributed by atoms with Crippen LogP contribution in [0.2, 0.25) is 0 Å². The number of benzene rings is 2. The van der Waals surface area contributed by atoms with E-state index in [0.717, 1.165) is 22.2 Å². The minimum Gasteiger partial charge on any atom is -0.489 e. The number of nitrogens with one attached hydrogen (secondary N) is 1. The second-order valence-corrected chi connectivity index (χ2v) is 10.2. The monoisotopic (exact) mass is 520 g/mol. The normalized spacial score (nSPS) is 18.3. The van der Waals surface area contributed by atoms with Gasteiger partial charge in [-0.05, 0) is 48.6 Å². The van der Waals surface area contributed by atoms with Crippen molar-refractivity contribution in [2.24, 2.45) is 11.7 Å². The number of likely N-dealkylation sites (tertiary alicyclic amines) is 1. The summed E-state index contributed by atoms with van der Waals surface area (Å²) in [4.78, 5) is 31.9. The molecule has 2 aromatic carbocycles. The maximum atomic E-state index is 13.4. The molecule has 0 spiro atoms. The number of rotatable bonds is 11. The maximum absolute atomic E-state index is 13.4. The van der Waals surface area contributed by atoms with Gasteiger partial charge in [0.05, 0.1) is 12.1 Å². The van der Waals surface area contributed by atoms with E-state index >= 15 is 0 Å². The summed E-state index contributed by atoms with van der Waals surface area (Å²) in [6, 6.07) is 16.5. The number of ether oxygens (including phenoxy) is 2. The first-order chi connectivity index (χ1) is 18.3. The van der Waals surface area contributed by atoms with Gasteiger partial charge in [-0.2, -0.15) is 0 Å². The third-order valence-electron chi connectivity index (χ3n) is 7.05. The van der Waals surface area contributed by atoms with E-state index in [1.165, 1.54) is 4.90 Å². The smallest absolute Gasteiger partial charge is 0.266 e. The van der Waals surface area contributed by atoms with Crippen LogP contribution in [-0.4, -0.2) is 53.2 Å². The second-order valence-electron chi connectivity index (χ2n) is 10.2. The van der Waals surface area contributed by atoms with E-state index in [9.17, 15) is 14.8 Å². The summed E-state index contributed by atoms with van der Waals surface area (Å²) in [7, 11) is 1.67. The molecule has 2 heterocycles. The summed E-state index contributed by atoms with van der Waals surface area (Å²) >= 11 is 0. The van der Waals surface area contributed by atoms with Crippen LogP contribution in [0.4, 0.5) is 0 Å². The summed E-state index contributed by atoms with van der Waals surface area (Å²) in [5.41, 5.74) is 10.6. The van der Waals surface area contributed by atoms with Gasteiger partial charge in [0.15, 0.2) is 0 Å². The van der Waals surface area contributed by atoms with Crippen molar-refractivity contribution in [3.8, 4) is 5.75 Å². The Labute approximate surface area is 222 Å². The molecule has 202 valence electrons. The van der Waals surface area contributed by atoms with E-state index in [4.69, 9.17) is 20.2 Å². The molecule has 38 heavy (non-hydrogen) atoms. The minimum absolute atomic E-state index is 0.155. The number of methoxy groups -OCH3 is 1. The highest BCUT2D eigenvalue weighted by Crippen LogP contribution is 2.34. The molecule has 4 N–H and O–H groups in total. The lowest BCUT2D eigenvalue weighted by Crippen LogP contribution is -2.52. The van der Waals surface area contributed by atoms with Gasteiger partial charge in [0.1, 0.15) is 23.9 Å². The molecular formula is C29H36N4O5. The zero-order valence-electron chi connectivity index (χ0n) is 22.1. The number of amides is 2. The maximum Gasteiger partial charge on any atom is 0.266 e. The van der Waals surface area contributed by atoms with Crippen molar-refractivity contribution in [3.05, 3.63) is 71.4 Å². The van der Waals surface area contributed by atoms with Crippen LogP contribution in [0.5, 0.6) is 5.75 Å². The Morgan fingerprint density at radius 2 is 1.95 bits per heavy atom. The van der Waals surface area contributed by atoms with E-state index < -0.39 is 17.5 Å². The predicted octanol–water partition coefficient (Wildman–Crippen LogP) is 3.31. The number of hydrogen-bond donors (Lipinski definition) is 3. The van der Waals surface area contributed by atoms with Gasteiger partial charge in [-0.25, -0.2) is 5.48 Å². The Hall–Kier alpha value is -3.53. The minimum atomic E-state index is -1.25. The number of pyridine rings is 1. The van der Waals surface area contributed by atoms with Gasteiger partial charge in [-0.3, -0.25) is 19.8 Å². The van der Waals surface area contributed by atoms with E-state index in [-0.39, 0.29) is 11.8 Å². The molecule has 0 aliphatic carbocycles. The van der Waals surface area contributed by atoms with Gasteiger partial charge in [0.2, 0.25) is 5.91 Å². The quantitative estimate of drug-likeness (QED) is 0.261. The molecular weight excluding hydrogens is 484 g/mol. The van der Waals surface area contributed by atoms with Gasteiger partial charge in [0, 0.05) is 36.7 Å². The highest BCUT2D eigenvalue weighted by atomic mass is 16.5. The molecule has 2 atom stereocenters. The number of carbonyl (C=O) groups is 2. The van der Waals surface area contributed by atoms with Crippen LogP contribution in [0.3, 0.4) is 0 Å². The summed E-state index contributed by atoms with van der Waals surface area (Å²) < 4.78 is 11.3. The van der Waals surface area contributed by atoms with Gasteiger partial charge >= 0.3 is 0 Å². The second kappa shape index (κ2) is 11.9. The van der Waals surface area contributed by atoms with Gasteiger partial charge < -0.3 is 20.1 Å². The Morgan fingerprint density at radius 1 is 1.21 bits per heavy atom. The number of hydroxylamine groups is 1. The number of nitrogens with two attached hydrogens (primary N) is 1. The Morgan fingerprint density at radius 3 is 2.63 bits per heavy atom. The zero-order valence-corrected chi connectivity index (χ0v) is 22.1. The lowest BCUT2D eigenvalue weighted by molar-refractivity contribution is -0.144. The lowest BCUT2D eigenvalue weighted by atomic mass is 9.89. The van der Waals surface area contributed by atoms with Crippen LogP contribution in [0.25, 0.3) is 10.9 Å². The third-order valence-corrected chi connectivity index (χ3v) is 7.05. The van der Waals surface area contributed by atoms with Crippen molar-refractivity contribution in [3.63, 3.8) is 0 Å². The lowest BCUT2D eigenvalue weighted by Gasteiger charge is -2.30. The molecule has 1 saturated heterocycles. The van der Waals surface area contributed by atoms with Crippen molar-refractivity contribution in [1.82, 2.24) is 15.4 Å². The van der Waals surface area contributed by atoms with Crippen molar-refractivity contribution >= 4 is 22.7 Å². The average molecular weight is 521 g/mol. The molecule has 0 bridgehead atoms. The molecule has 2 unspecified atom stereocenters. The molecule has 0 radical (unpaired) electrons. The number of para-hydroxylation sites is 1. The molecule has 2 amide bonds. The van der Waals surface area contributed by atoms with Crippen LogP contribution in [-0.2, 0) is 32.9 Å². The van der Waals surface area contributed by atoms with E-state index in [1.807, 2.05) is 44.2 Å². The molecule has 1 aliphatic rings. The molecule has 9 heteroatoms. The predicted molar refractivity (Wildman–Crippen MR) is 143 cm³/mol. The number of aromatic nitrogens is 1. The fraction of sp³-hybridized carbons (Fsp3) is 0.414. The Bertz CT molecular complexity index is 1280. The fourth-order valence-electron chi connectivity index (χ4n) is 5.00. The summed E-state index contributed by atoms with van der Waals surface area (Å²) in [5, 5.41) is 10.2. The third kappa shape index (κ3) is 5.80. The zero-order chi connectivity index (χ0) is 27.3. The number of carbonyl (C=O) groups excluding carboxylic acids is 2. The standard InChI is InChI=1S/C29H36N4O5/c1-19(2)16-26(27(34)32-36)33-14-13-29(30,28(33)35)21-8-10-23(11-9-21)38-18-20-17-22(12-15-37-3)31-25-7-5-4-6-24(20)25/h4-11,17,19,26,36H,12-16,18,30H2,1-3H3,(H,32,34). The van der Waals surface area contributed by atoms with E-state index in [0.29, 0.717) is 50.3 Å². The van der Waals surface area contributed by atoms with Gasteiger partial charge in [-0.15, -0.1) is 0 Å². The van der Waals surface area contributed by atoms with E-state index in [1.54, 1.807) is 36.9 Å². The molecule has 1 aliphatic heterocycles. The molecule has 0 saturated carbocycles. The van der Waals surface area contributed by atoms with Crippen molar-refractivity contribution < 1.29 is 24.3 Å². The number of fused-ring (bicyclic) bond motifs is 1. The highest BCUT2D eigenvalue weighted by molar-refractivity contribution is 5.94. The fourth-order valence-corrected chi connectivity index (χ4v) is 5.00. The first kappa shape index (κ1) is 27.5. The van der Waals surface area contributed by atoms with Crippen molar-refractivity contribution in [2.45, 2.75) is 51.3 Å². The summed E-state index contributed by atoms with van der Waals surface area (Å²) in [6.07, 6.45) is 1.51. The largest absolute Gasteiger partial charge is 0.489 e. The van der Waals surface area contributed by atoms with Gasteiger partial charge in [0.25, 0.3) is 5.91 Å². The van der Waals surface area contributed by atoms with Crippen LogP contribution in [0.15, 0.2) is 54.6 Å². The Balaban J connectivity index is 1.49. The topological polar surface area (TPSA) is 127 Å². The number of hydrogen-bond acceptors (Lipinski definition) is 7. The van der Waals surface area contributed by atoms with Gasteiger partial charge in [-0.1, -0.05) is 44.2 Å². The Kier molecular flexibility index (Phi) is 8.61. The summed E-state index contributed by atoms with van der Waals surface area (Å²) in [5.74, 6) is -0.125. The van der Waals surface area contributed by atoms with Crippen LogP contribution in [0.1, 0.15) is 43.5 Å².